The smallest absolute Gasteiger partial charge is 0.347 e. The molecule has 6 heteroatoms. The summed E-state index contributed by atoms with van der Waals surface area (Å²) in [6.07, 6.45) is 3.18. The van der Waals surface area contributed by atoms with E-state index in [4.69, 9.17) is 10.8 Å². The van der Waals surface area contributed by atoms with Crippen molar-refractivity contribution >= 4 is 22.4 Å². The first-order chi connectivity index (χ1) is 7.18. The largest absolute Gasteiger partial charge is 0.477 e. The second-order valence-corrected chi connectivity index (χ2v) is 4.60. The van der Waals surface area contributed by atoms with Crippen LogP contribution in [0, 0.1) is 0 Å². The average Bonchev–Trinajstić information content (AvgIpc) is 2.62. The number of thiazole rings is 1. The van der Waals surface area contributed by atoms with Gasteiger partial charge in [-0.15, -0.1) is 0 Å². The van der Waals surface area contributed by atoms with Crippen molar-refractivity contribution in [3.8, 4) is 0 Å². The molecule has 1 aromatic rings. The Balaban J connectivity index is 2.28. The third kappa shape index (κ3) is 2.10. The Kier molecular flexibility index (Phi) is 2.88. The number of rotatable bonds is 2. The van der Waals surface area contributed by atoms with Crippen molar-refractivity contribution < 1.29 is 9.90 Å². The molecule has 1 saturated heterocycles. The minimum absolute atomic E-state index is 0.0541. The van der Waals surface area contributed by atoms with Gasteiger partial charge in [-0.3, -0.25) is 0 Å². The number of aromatic carboxylic acids is 1. The zero-order chi connectivity index (χ0) is 10.8. The second kappa shape index (κ2) is 4.16. The minimum Gasteiger partial charge on any atom is -0.477 e. The van der Waals surface area contributed by atoms with Crippen LogP contribution in [0.25, 0.3) is 0 Å². The van der Waals surface area contributed by atoms with Crippen LogP contribution in [0.4, 0.5) is 5.13 Å². The molecular formula is C9H13N3O2S. The van der Waals surface area contributed by atoms with Crippen molar-refractivity contribution in [3.63, 3.8) is 0 Å². The summed E-state index contributed by atoms with van der Waals surface area (Å²) >= 11 is 1.04. The van der Waals surface area contributed by atoms with Gasteiger partial charge in [0, 0.05) is 0 Å². The normalized spacial score (nSPS) is 21.5. The van der Waals surface area contributed by atoms with Crippen LogP contribution < -0.4 is 11.1 Å². The van der Waals surface area contributed by atoms with Gasteiger partial charge >= 0.3 is 5.97 Å². The van der Waals surface area contributed by atoms with Crippen LogP contribution in [-0.4, -0.2) is 22.6 Å². The summed E-state index contributed by atoms with van der Waals surface area (Å²) < 4.78 is 0. The van der Waals surface area contributed by atoms with E-state index in [2.05, 4.69) is 10.3 Å². The summed E-state index contributed by atoms with van der Waals surface area (Å²) in [7, 11) is 0. The maximum absolute atomic E-state index is 11.0. The molecule has 82 valence electrons. The molecule has 1 aliphatic heterocycles. The van der Waals surface area contributed by atoms with E-state index in [1.807, 2.05) is 0 Å². The molecule has 1 atom stereocenters. The number of carboxylic acid groups (broad SMARTS) is 1. The molecule has 15 heavy (non-hydrogen) atoms. The molecule has 4 N–H and O–H groups in total. The van der Waals surface area contributed by atoms with Gasteiger partial charge in [0.2, 0.25) is 0 Å². The fourth-order valence-corrected chi connectivity index (χ4v) is 2.56. The SMILES string of the molecule is Nc1nc(C2CCCCN2)c(C(=O)O)s1. The number of carbonyl (C=O) groups is 1. The first-order valence-corrected chi connectivity index (χ1v) is 5.73. The molecule has 1 unspecified atom stereocenters. The van der Waals surface area contributed by atoms with E-state index in [9.17, 15) is 4.79 Å². The Bertz CT molecular complexity index is 371. The van der Waals surface area contributed by atoms with Gasteiger partial charge in [-0.1, -0.05) is 17.8 Å². The molecule has 1 aromatic heterocycles. The molecule has 2 heterocycles. The van der Waals surface area contributed by atoms with E-state index < -0.39 is 5.97 Å². The van der Waals surface area contributed by atoms with E-state index in [0.29, 0.717) is 10.8 Å². The Morgan fingerprint density at radius 2 is 2.40 bits per heavy atom. The van der Waals surface area contributed by atoms with Gasteiger partial charge in [0.1, 0.15) is 4.88 Å². The van der Waals surface area contributed by atoms with Crippen LogP contribution in [0.1, 0.15) is 40.7 Å². The summed E-state index contributed by atoms with van der Waals surface area (Å²) in [6.45, 7) is 0.918. The lowest BCUT2D eigenvalue weighted by molar-refractivity contribution is 0.0699. The molecule has 0 aliphatic carbocycles. The number of hydrogen-bond acceptors (Lipinski definition) is 5. The molecular weight excluding hydrogens is 214 g/mol. The fraction of sp³-hybridized carbons (Fsp3) is 0.556. The summed E-state index contributed by atoms with van der Waals surface area (Å²) in [4.78, 5) is 15.3. The van der Waals surface area contributed by atoms with Crippen molar-refractivity contribution in [2.75, 3.05) is 12.3 Å². The number of nitrogen functional groups attached to an aromatic ring is 1. The number of nitrogens with one attached hydrogen (secondary N) is 1. The average molecular weight is 227 g/mol. The van der Waals surface area contributed by atoms with E-state index in [1.54, 1.807) is 0 Å². The van der Waals surface area contributed by atoms with Crippen LogP contribution in [-0.2, 0) is 0 Å². The van der Waals surface area contributed by atoms with Gasteiger partial charge in [0.05, 0.1) is 11.7 Å². The second-order valence-electron chi connectivity index (χ2n) is 3.57. The van der Waals surface area contributed by atoms with Crippen LogP contribution in [0.15, 0.2) is 0 Å². The maximum Gasteiger partial charge on any atom is 0.347 e. The van der Waals surface area contributed by atoms with Crippen molar-refractivity contribution in [3.05, 3.63) is 10.6 Å². The van der Waals surface area contributed by atoms with Gasteiger partial charge in [-0.05, 0) is 19.4 Å². The predicted octanol–water partition coefficient (Wildman–Crippen LogP) is 1.24. The number of nitrogens with two attached hydrogens (primary N) is 1. The first kappa shape index (κ1) is 10.4. The highest BCUT2D eigenvalue weighted by Gasteiger charge is 2.24. The predicted molar refractivity (Wildman–Crippen MR) is 58.1 cm³/mol. The molecule has 0 amide bonds. The Morgan fingerprint density at radius 3 is 3.00 bits per heavy atom. The Hall–Kier alpha value is -1.14. The highest BCUT2D eigenvalue weighted by Crippen LogP contribution is 2.30. The van der Waals surface area contributed by atoms with E-state index in [1.165, 1.54) is 0 Å². The number of nitrogens with zero attached hydrogens (tertiary/aromatic N) is 1. The van der Waals surface area contributed by atoms with Gasteiger partial charge in [0.25, 0.3) is 0 Å². The topological polar surface area (TPSA) is 88.2 Å². The van der Waals surface area contributed by atoms with E-state index in [0.717, 1.165) is 37.1 Å². The molecule has 0 radical (unpaired) electrons. The molecule has 2 rings (SSSR count). The molecule has 1 aliphatic rings. The van der Waals surface area contributed by atoms with Crippen molar-refractivity contribution in [1.82, 2.24) is 10.3 Å². The van der Waals surface area contributed by atoms with Crippen LogP contribution in [0.2, 0.25) is 0 Å². The maximum atomic E-state index is 11.0. The summed E-state index contributed by atoms with van der Waals surface area (Å²) in [5.41, 5.74) is 6.14. The molecule has 0 aromatic carbocycles. The molecule has 0 spiro atoms. The van der Waals surface area contributed by atoms with E-state index in [-0.39, 0.29) is 10.9 Å². The molecule has 1 fully saturated rings. The molecule has 0 bridgehead atoms. The zero-order valence-electron chi connectivity index (χ0n) is 8.19. The summed E-state index contributed by atoms with van der Waals surface area (Å²) in [5, 5.41) is 12.6. The van der Waals surface area contributed by atoms with Gasteiger partial charge < -0.3 is 16.2 Å². The highest BCUT2D eigenvalue weighted by atomic mass is 32.1. The number of hydrogen-bond donors (Lipinski definition) is 3. The molecule has 5 nitrogen and oxygen atoms in total. The van der Waals surface area contributed by atoms with Gasteiger partial charge in [-0.25, -0.2) is 9.78 Å². The minimum atomic E-state index is -0.938. The van der Waals surface area contributed by atoms with Gasteiger partial charge in [-0.2, -0.15) is 0 Å². The van der Waals surface area contributed by atoms with Gasteiger partial charge in [0.15, 0.2) is 5.13 Å². The van der Waals surface area contributed by atoms with Crippen molar-refractivity contribution in [2.24, 2.45) is 0 Å². The monoisotopic (exact) mass is 227 g/mol. The van der Waals surface area contributed by atoms with E-state index >= 15 is 0 Å². The third-order valence-corrected chi connectivity index (χ3v) is 3.39. The third-order valence-electron chi connectivity index (χ3n) is 2.50. The Labute approximate surface area is 91.3 Å². The number of aromatic nitrogens is 1. The lowest BCUT2D eigenvalue weighted by Crippen LogP contribution is -2.28. The lowest BCUT2D eigenvalue weighted by Gasteiger charge is -2.22. The zero-order valence-corrected chi connectivity index (χ0v) is 9.01. The number of anilines is 1. The summed E-state index contributed by atoms with van der Waals surface area (Å²) in [5.74, 6) is -0.938. The number of carboxylic acids is 1. The Morgan fingerprint density at radius 1 is 1.60 bits per heavy atom. The fourth-order valence-electron chi connectivity index (χ4n) is 1.82. The summed E-state index contributed by atoms with van der Waals surface area (Å²) in [6, 6.07) is 0.0541. The number of piperidine rings is 1. The van der Waals surface area contributed by atoms with Crippen molar-refractivity contribution in [2.45, 2.75) is 25.3 Å². The van der Waals surface area contributed by atoms with Crippen LogP contribution >= 0.6 is 11.3 Å². The standard InChI is InChI=1S/C9H13N3O2S/c10-9-12-6(7(15-9)8(13)14)5-3-1-2-4-11-5/h5,11H,1-4H2,(H2,10,12)(H,13,14). The van der Waals surface area contributed by atoms with Crippen molar-refractivity contribution in [1.29, 1.82) is 0 Å². The molecule has 0 saturated carbocycles. The van der Waals surface area contributed by atoms with Crippen LogP contribution in [0.5, 0.6) is 0 Å². The van der Waals surface area contributed by atoms with Crippen LogP contribution in [0.3, 0.4) is 0 Å². The highest BCUT2D eigenvalue weighted by molar-refractivity contribution is 7.17. The first-order valence-electron chi connectivity index (χ1n) is 4.91. The lowest BCUT2D eigenvalue weighted by atomic mass is 10.0. The quantitative estimate of drug-likeness (QED) is 0.707.